The van der Waals surface area contributed by atoms with Crippen LogP contribution in [-0.2, 0) is 4.74 Å². The Morgan fingerprint density at radius 3 is 2.90 bits per heavy atom. The summed E-state index contributed by atoms with van der Waals surface area (Å²) in [7, 11) is 1.68. The van der Waals surface area contributed by atoms with Gasteiger partial charge in [-0.15, -0.1) is 0 Å². The molecule has 1 fully saturated rings. The summed E-state index contributed by atoms with van der Waals surface area (Å²) in [6.07, 6.45) is 1.88. The Morgan fingerprint density at radius 2 is 2.29 bits per heavy atom. The quantitative estimate of drug-likeness (QED) is 0.376. The molecule has 0 aromatic heterocycles. The van der Waals surface area contributed by atoms with Gasteiger partial charge in [-0.3, -0.25) is 0 Å². The number of anilines is 1. The van der Waals surface area contributed by atoms with E-state index in [-0.39, 0.29) is 15.9 Å². The maximum absolute atomic E-state index is 14.6. The van der Waals surface area contributed by atoms with Gasteiger partial charge in [-0.2, -0.15) is 0 Å². The van der Waals surface area contributed by atoms with Gasteiger partial charge in [0.25, 0.3) is 0 Å². The summed E-state index contributed by atoms with van der Waals surface area (Å²) in [6, 6.07) is 3.28. The summed E-state index contributed by atoms with van der Waals surface area (Å²) >= 11 is 3.18. The molecule has 21 heavy (non-hydrogen) atoms. The van der Waals surface area contributed by atoms with Crippen molar-refractivity contribution >= 4 is 27.5 Å². The lowest BCUT2D eigenvalue weighted by Crippen LogP contribution is -2.47. The molecule has 1 aromatic rings. The van der Waals surface area contributed by atoms with Gasteiger partial charge in [0.15, 0.2) is 11.7 Å². The first-order valence-electron chi connectivity index (χ1n) is 6.68. The van der Waals surface area contributed by atoms with Crippen LogP contribution in [0, 0.1) is 5.82 Å². The molecule has 1 unspecified atom stereocenters. The Morgan fingerprint density at radius 1 is 1.57 bits per heavy atom. The third-order valence-electron chi connectivity index (χ3n) is 3.94. The predicted molar refractivity (Wildman–Crippen MR) is 83.5 cm³/mol. The van der Waals surface area contributed by atoms with E-state index in [1.54, 1.807) is 19.2 Å². The highest BCUT2D eigenvalue weighted by atomic mass is 79.9. The van der Waals surface area contributed by atoms with E-state index in [4.69, 9.17) is 15.7 Å². The third-order valence-corrected chi connectivity index (χ3v) is 4.71. The van der Waals surface area contributed by atoms with Crippen LogP contribution in [0.5, 0.6) is 0 Å². The highest BCUT2D eigenvalue weighted by Gasteiger charge is 2.32. The molecule has 0 radical (unpaired) electrons. The second-order valence-electron chi connectivity index (χ2n) is 5.42. The van der Waals surface area contributed by atoms with E-state index in [1.165, 1.54) is 0 Å². The number of hydrogen-bond donors (Lipinski definition) is 2. The topological polar surface area (TPSA) is 71.1 Å². The van der Waals surface area contributed by atoms with Crippen molar-refractivity contribution < 1.29 is 14.3 Å². The summed E-state index contributed by atoms with van der Waals surface area (Å²) in [6.45, 7) is 3.41. The van der Waals surface area contributed by atoms with Crippen LogP contribution >= 0.6 is 15.9 Å². The molecule has 0 bridgehead atoms. The molecular formula is C14H19BrFN3O2. The Hall–Kier alpha value is -1.34. The molecule has 3 N–H and O–H groups in total. The molecule has 1 heterocycles. The number of nitrogens with two attached hydrogens (primary N) is 1. The summed E-state index contributed by atoms with van der Waals surface area (Å²) in [5, 5.41) is 11.6. The fraction of sp³-hybridized carbons (Fsp3) is 0.500. The molecule has 1 saturated heterocycles. The number of benzene rings is 1. The molecule has 7 heteroatoms. The second-order valence-corrected chi connectivity index (χ2v) is 6.22. The van der Waals surface area contributed by atoms with E-state index in [2.05, 4.69) is 21.1 Å². The van der Waals surface area contributed by atoms with Crippen LogP contribution in [0.3, 0.4) is 0 Å². The lowest BCUT2D eigenvalue weighted by molar-refractivity contribution is -0.00477. The number of hydrogen-bond acceptors (Lipinski definition) is 4. The smallest absolute Gasteiger partial charge is 0.171 e. The van der Waals surface area contributed by atoms with E-state index in [0.717, 1.165) is 19.4 Å². The van der Waals surface area contributed by atoms with Crippen molar-refractivity contribution in [1.82, 2.24) is 0 Å². The molecule has 0 amide bonds. The van der Waals surface area contributed by atoms with Crippen molar-refractivity contribution in [3.05, 3.63) is 28.0 Å². The van der Waals surface area contributed by atoms with Crippen LogP contribution in [0.2, 0.25) is 0 Å². The molecule has 1 atom stereocenters. The summed E-state index contributed by atoms with van der Waals surface area (Å²) in [4.78, 5) is 1.96. The SMILES string of the molecule is COC1(C)CCCN(c2ccc(/C(N)=N/O)c(Br)c2F)C1. The molecule has 5 nitrogen and oxygen atoms in total. The van der Waals surface area contributed by atoms with Gasteiger partial charge in [-0.05, 0) is 47.8 Å². The number of amidine groups is 1. The van der Waals surface area contributed by atoms with Gasteiger partial charge in [0.05, 0.1) is 15.8 Å². The minimum atomic E-state index is -0.417. The zero-order valence-electron chi connectivity index (χ0n) is 12.1. The van der Waals surface area contributed by atoms with Crippen molar-refractivity contribution in [2.45, 2.75) is 25.4 Å². The second kappa shape index (κ2) is 6.19. The van der Waals surface area contributed by atoms with E-state index in [0.29, 0.717) is 17.8 Å². The molecule has 0 saturated carbocycles. The van der Waals surface area contributed by atoms with Gasteiger partial charge in [0, 0.05) is 25.8 Å². The molecule has 1 aliphatic heterocycles. The van der Waals surface area contributed by atoms with Crippen molar-refractivity contribution in [2.24, 2.45) is 10.9 Å². The van der Waals surface area contributed by atoms with Crippen molar-refractivity contribution in [3.63, 3.8) is 0 Å². The van der Waals surface area contributed by atoms with Gasteiger partial charge < -0.3 is 20.6 Å². The first-order chi connectivity index (χ1) is 9.91. The molecule has 1 aromatic carbocycles. The zero-order chi connectivity index (χ0) is 15.6. The first-order valence-corrected chi connectivity index (χ1v) is 7.47. The van der Waals surface area contributed by atoms with Gasteiger partial charge in [0.1, 0.15) is 0 Å². The van der Waals surface area contributed by atoms with Gasteiger partial charge in [-0.1, -0.05) is 5.16 Å². The van der Waals surface area contributed by atoms with Crippen molar-refractivity contribution in [1.29, 1.82) is 0 Å². The molecule has 2 rings (SSSR count). The largest absolute Gasteiger partial charge is 0.409 e. The average Bonchev–Trinajstić information content (AvgIpc) is 2.49. The number of oxime groups is 1. The van der Waals surface area contributed by atoms with E-state index in [1.807, 2.05) is 11.8 Å². The van der Waals surface area contributed by atoms with Crippen molar-refractivity contribution in [2.75, 3.05) is 25.1 Å². The predicted octanol–water partition coefficient (Wildman–Crippen LogP) is 2.69. The number of nitrogens with zero attached hydrogens (tertiary/aromatic N) is 2. The van der Waals surface area contributed by atoms with E-state index < -0.39 is 5.82 Å². The number of methoxy groups -OCH3 is 1. The Bertz CT molecular complexity index is 567. The highest BCUT2D eigenvalue weighted by molar-refractivity contribution is 9.10. The minimum absolute atomic E-state index is 0.132. The lowest BCUT2D eigenvalue weighted by atomic mass is 9.94. The summed E-state index contributed by atoms with van der Waals surface area (Å²) in [5.74, 6) is -0.549. The molecule has 116 valence electrons. The van der Waals surface area contributed by atoms with E-state index in [9.17, 15) is 4.39 Å². The van der Waals surface area contributed by atoms with Gasteiger partial charge >= 0.3 is 0 Å². The number of rotatable bonds is 3. The average molecular weight is 360 g/mol. The summed E-state index contributed by atoms with van der Waals surface area (Å²) in [5.41, 5.74) is 6.06. The maximum Gasteiger partial charge on any atom is 0.171 e. The van der Waals surface area contributed by atoms with Crippen molar-refractivity contribution in [3.8, 4) is 0 Å². The number of piperidine rings is 1. The van der Waals surface area contributed by atoms with Crippen LogP contribution in [0.1, 0.15) is 25.3 Å². The Kier molecular flexibility index (Phi) is 4.73. The highest BCUT2D eigenvalue weighted by Crippen LogP contribution is 2.33. The Labute approximate surface area is 131 Å². The molecular weight excluding hydrogens is 341 g/mol. The number of halogens is 2. The third kappa shape index (κ3) is 3.13. The minimum Gasteiger partial charge on any atom is -0.409 e. The molecule has 0 spiro atoms. The lowest BCUT2D eigenvalue weighted by Gasteiger charge is -2.40. The fourth-order valence-electron chi connectivity index (χ4n) is 2.61. The van der Waals surface area contributed by atoms with E-state index >= 15 is 0 Å². The number of ether oxygens (including phenoxy) is 1. The van der Waals surface area contributed by atoms with Crippen LogP contribution in [0.4, 0.5) is 10.1 Å². The van der Waals surface area contributed by atoms with Crippen LogP contribution in [0.25, 0.3) is 0 Å². The molecule has 0 aliphatic carbocycles. The monoisotopic (exact) mass is 359 g/mol. The molecule has 1 aliphatic rings. The fourth-order valence-corrected chi connectivity index (χ4v) is 3.15. The van der Waals surface area contributed by atoms with Gasteiger partial charge in [-0.25, -0.2) is 4.39 Å². The van der Waals surface area contributed by atoms with Crippen LogP contribution in [-0.4, -0.2) is 36.8 Å². The van der Waals surface area contributed by atoms with Gasteiger partial charge in [0.2, 0.25) is 0 Å². The standard InChI is InChI=1S/C14H19BrFN3O2/c1-14(21-2)6-3-7-19(8-14)10-5-4-9(13(17)18-20)11(15)12(10)16/h4-5,20H,3,6-8H2,1-2H3,(H2,17,18). The normalized spacial score (nSPS) is 23.4. The summed E-state index contributed by atoms with van der Waals surface area (Å²) < 4.78 is 20.3. The maximum atomic E-state index is 14.6. The first kappa shape index (κ1) is 16.0. The zero-order valence-corrected chi connectivity index (χ0v) is 13.7. The van der Waals surface area contributed by atoms with Crippen LogP contribution in [0.15, 0.2) is 21.8 Å². The Balaban J connectivity index is 2.35. The van der Waals surface area contributed by atoms with Crippen LogP contribution < -0.4 is 10.6 Å².